The van der Waals surface area contributed by atoms with E-state index in [0.29, 0.717) is 5.01 Å². The van der Waals surface area contributed by atoms with E-state index in [1.54, 1.807) is 0 Å². The number of carbonyl (C=O) groups excluding carboxylic acids is 2. The molecule has 0 aromatic carbocycles. The van der Waals surface area contributed by atoms with Gasteiger partial charge in [-0.3, -0.25) is 9.59 Å². The topological polar surface area (TPSA) is 49.7 Å². The van der Waals surface area contributed by atoms with Gasteiger partial charge in [-0.15, -0.1) is 0 Å². The van der Waals surface area contributed by atoms with Gasteiger partial charge in [0.15, 0.2) is 0 Å². The van der Waals surface area contributed by atoms with E-state index in [2.05, 4.69) is 11.8 Å². The van der Waals surface area contributed by atoms with Crippen LogP contribution in [0.4, 0.5) is 0 Å². The van der Waals surface area contributed by atoms with Crippen LogP contribution in [0.3, 0.4) is 0 Å². The van der Waals surface area contributed by atoms with E-state index in [9.17, 15) is 9.59 Å². The normalized spacial score (nSPS) is 8.22. The summed E-state index contributed by atoms with van der Waals surface area (Å²) in [5.41, 5.74) is 0. The van der Waals surface area contributed by atoms with E-state index in [4.69, 9.17) is 0 Å². The number of hydrazone groups is 1. The van der Waals surface area contributed by atoms with Crippen molar-refractivity contribution in [2.24, 2.45) is 5.10 Å². The second-order valence-corrected chi connectivity index (χ2v) is 1.49. The molecule has 4 heteroatoms. The first-order valence-electron chi connectivity index (χ1n) is 2.37. The Labute approximate surface area is 53.1 Å². The lowest BCUT2D eigenvalue weighted by Gasteiger charge is -2.06. The summed E-state index contributed by atoms with van der Waals surface area (Å²) in [5, 5.41) is 3.87. The Morgan fingerprint density at radius 3 is 1.67 bits per heavy atom. The molecule has 0 radical (unpaired) electrons. The van der Waals surface area contributed by atoms with Crippen molar-refractivity contribution < 1.29 is 9.59 Å². The molecular weight excluding hydrogens is 120 g/mol. The third kappa shape index (κ3) is 2.03. The van der Waals surface area contributed by atoms with Gasteiger partial charge in [-0.1, -0.05) is 0 Å². The molecule has 0 aromatic rings. The van der Waals surface area contributed by atoms with Gasteiger partial charge in [-0.2, -0.15) is 10.1 Å². The van der Waals surface area contributed by atoms with Gasteiger partial charge < -0.3 is 0 Å². The molecule has 0 atom stereocenters. The van der Waals surface area contributed by atoms with Gasteiger partial charge in [0.2, 0.25) is 11.8 Å². The van der Waals surface area contributed by atoms with Crippen molar-refractivity contribution >= 4 is 18.5 Å². The minimum Gasteiger partial charge on any atom is -0.273 e. The molecule has 0 saturated carbocycles. The van der Waals surface area contributed by atoms with Gasteiger partial charge in [0.05, 0.1) is 0 Å². The number of nitrogens with zero attached hydrogens (tertiary/aromatic N) is 2. The predicted octanol–water partition coefficient (Wildman–Crippen LogP) is -0.00300. The molecule has 0 bridgehead atoms. The van der Waals surface area contributed by atoms with Gasteiger partial charge in [-0.25, -0.2) is 0 Å². The van der Waals surface area contributed by atoms with E-state index in [0.717, 1.165) is 0 Å². The highest BCUT2D eigenvalue weighted by Crippen LogP contribution is 1.88. The fourth-order valence-corrected chi connectivity index (χ4v) is 0.421. The summed E-state index contributed by atoms with van der Waals surface area (Å²) in [6, 6.07) is 0. The molecule has 0 fully saturated rings. The minimum absolute atomic E-state index is 0.419. The van der Waals surface area contributed by atoms with E-state index in [-0.39, 0.29) is 0 Å². The maximum atomic E-state index is 10.4. The Balaban J connectivity index is 4.16. The van der Waals surface area contributed by atoms with Crippen LogP contribution in [0.15, 0.2) is 5.10 Å². The summed E-state index contributed by atoms with van der Waals surface area (Å²) in [4.78, 5) is 20.8. The van der Waals surface area contributed by atoms with Gasteiger partial charge in [0, 0.05) is 20.6 Å². The fourth-order valence-electron chi connectivity index (χ4n) is 0.421. The number of imide groups is 1. The summed E-state index contributed by atoms with van der Waals surface area (Å²) in [6.45, 7) is 5.53. The quantitative estimate of drug-likeness (QED) is 0.368. The van der Waals surface area contributed by atoms with Crippen molar-refractivity contribution in [1.29, 1.82) is 0 Å². The first kappa shape index (κ1) is 7.81. The third-order valence-corrected chi connectivity index (χ3v) is 0.738. The van der Waals surface area contributed by atoms with Gasteiger partial charge in [-0.05, 0) is 0 Å². The smallest absolute Gasteiger partial charge is 0.246 e. The van der Waals surface area contributed by atoms with Crippen LogP contribution in [0.1, 0.15) is 13.8 Å². The number of hydrogen-bond acceptors (Lipinski definition) is 3. The summed E-state index contributed by atoms with van der Waals surface area (Å²) in [7, 11) is 0. The zero-order valence-electron chi connectivity index (χ0n) is 5.42. The van der Waals surface area contributed by atoms with Crippen LogP contribution in [0.25, 0.3) is 0 Å². The van der Waals surface area contributed by atoms with Gasteiger partial charge in [0.1, 0.15) is 0 Å². The van der Waals surface area contributed by atoms with E-state index in [1.807, 2.05) is 0 Å². The lowest BCUT2D eigenvalue weighted by atomic mass is 10.6. The average molecular weight is 128 g/mol. The van der Waals surface area contributed by atoms with Crippen LogP contribution >= 0.6 is 0 Å². The van der Waals surface area contributed by atoms with Crippen molar-refractivity contribution in [1.82, 2.24) is 5.01 Å². The zero-order chi connectivity index (χ0) is 7.44. The Hall–Kier alpha value is -1.19. The van der Waals surface area contributed by atoms with Crippen molar-refractivity contribution in [3.63, 3.8) is 0 Å². The summed E-state index contributed by atoms with van der Waals surface area (Å²) < 4.78 is 0. The molecule has 0 aromatic heterocycles. The highest BCUT2D eigenvalue weighted by atomic mass is 16.2. The van der Waals surface area contributed by atoms with Crippen LogP contribution in [-0.2, 0) is 9.59 Å². The molecule has 2 amide bonds. The molecule has 0 unspecified atom stereocenters. The van der Waals surface area contributed by atoms with Crippen molar-refractivity contribution in [3.05, 3.63) is 0 Å². The predicted molar refractivity (Wildman–Crippen MR) is 32.7 cm³/mol. The van der Waals surface area contributed by atoms with Crippen LogP contribution in [0.5, 0.6) is 0 Å². The molecular formula is C5H8N2O2. The summed E-state index contributed by atoms with van der Waals surface area (Å²) in [6.07, 6.45) is 0. The lowest BCUT2D eigenvalue weighted by molar-refractivity contribution is -0.141. The molecule has 9 heavy (non-hydrogen) atoms. The van der Waals surface area contributed by atoms with E-state index < -0.39 is 11.8 Å². The zero-order valence-corrected chi connectivity index (χ0v) is 5.42. The molecule has 0 aliphatic heterocycles. The molecule has 0 aliphatic carbocycles. The fraction of sp³-hybridized carbons (Fsp3) is 0.400. The Morgan fingerprint density at radius 1 is 1.33 bits per heavy atom. The second-order valence-electron chi connectivity index (χ2n) is 1.49. The molecule has 0 spiro atoms. The molecule has 50 valence electrons. The SMILES string of the molecule is C=NN(C(C)=O)C(C)=O. The maximum absolute atomic E-state index is 10.4. The van der Waals surface area contributed by atoms with Crippen LogP contribution < -0.4 is 0 Å². The second kappa shape index (κ2) is 2.96. The highest BCUT2D eigenvalue weighted by molar-refractivity contribution is 5.92. The summed E-state index contributed by atoms with van der Waals surface area (Å²) in [5.74, 6) is -0.838. The molecule has 4 nitrogen and oxygen atoms in total. The highest BCUT2D eigenvalue weighted by Gasteiger charge is 2.09. The van der Waals surface area contributed by atoms with Crippen LogP contribution in [0.2, 0.25) is 0 Å². The first-order chi connectivity index (χ1) is 4.09. The van der Waals surface area contributed by atoms with Gasteiger partial charge >= 0.3 is 0 Å². The average Bonchev–Trinajstić information content (AvgIpc) is 1.64. The number of rotatable bonds is 1. The monoisotopic (exact) mass is 128 g/mol. The van der Waals surface area contributed by atoms with Crippen LogP contribution in [0, 0.1) is 0 Å². The van der Waals surface area contributed by atoms with Crippen molar-refractivity contribution in [2.45, 2.75) is 13.8 Å². The number of amides is 2. The maximum Gasteiger partial charge on any atom is 0.246 e. The standard InChI is InChI=1S/C5H8N2O2/c1-4(8)7(6-3)5(2)9/h3H2,1-2H3. The Bertz CT molecular complexity index is 139. The molecule has 0 rings (SSSR count). The first-order valence-corrected chi connectivity index (χ1v) is 2.37. The Kier molecular flexibility index (Phi) is 2.57. The lowest BCUT2D eigenvalue weighted by Crippen LogP contribution is -2.27. The largest absolute Gasteiger partial charge is 0.273 e. The molecule has 0 aliphatic rings. The molecule has 0 saturated heterocycles. The molecule has 0 heterocycles. The minimum atomic E-state index is -0.419. The Morgan fingerprint density at radius 2 is 1.67 bits per heavy atom. The number of carbonyl (C=O) groups is 2. The van der Waals surface area contributed by atoms with Crippen molar-refractivity contribution in [2.75, 3.05) is 0 Å². The van der Waals surface area contributed by atoms with Crippen LogP contribution in [-0.4, -0.2) is 23.5 Å². The third-order valence-electron chi connectivity index (χ3n) is 0.738. The van der Waals surface area contributed by atoms with E-state index in [1.165, 1.54) is 13.8 Å². The van der Waals surface area contributed by atoms with Gasteiger partial charge in [0.25, 0.3) is 0 Å². The van der Waals surface area contributed by atoms with E-state index >= 15 is 0 Å². The molecule has 0 N–H and O–H groups in total. The number of hydrogen-bond donors (Lipinski definition) is 0. The summed E-state index contributed by atoms with van der Waals surface area (Å²) >= 11 is 0. The van der Waals surface area contributed by atoms with Crippen molar-refractivity contribution in [3.8, 4) is 0 Å².